The van der Waals surface area contributed by atoms with Gasteiger partial charge in [-0.2, -0.15) is 0 Å². The van der Waals surface area contributed by atoms with Crippen molar-refractivity contribution in [1.29, 1.82) is 0 Å². The number of amides is 2. The molecule has 2 aliphatic heterocycles. The molecule has 1 aromatic heterocycles. The fourth-order valence-electron chi connectivity index (χ4n) is 3.64. The van der Waals surface area contributed by atoms with Crippen molar-refractivity contribution < 1.29 is 23.9 Å². The van der Waals surface area contributed by atoms with Crippen molar-refractivity contribution >= 4 is 23.8 Å². The summed E-state index contributed by atoms with van der Waals surface area (Å²) in [6, 6.07) is 3.18. The predicted octanol–water partition coefficient (Wildman–Crippen LogP) is 1.95. The zero-order valence-electron chi connectivity index (χ0n) is 18.1. The molecule has 2 amide bonds. The summed E-state index contributed by atoms with van der Waals surface area (Å²) in [7, 11) is 1.28. The second kappa shape index (κ2) is 8.89. The van der Waals surface area contributed by atoms with Gasteiger partial charge in [0.2, 0.25) is 5.91 Å². The standard InChI is InChI=1S/C21H30N4O5/c1-21(2,3)30-20(28)25(16-9-11-24(19(16)27)13-17(26)29-4)12-15-8-7-14-6-5-10-22-18(14)23-15/h7-8,16H,5-6,9-13H2,1-4H3,(H,22,23)/t16-/m0/s1. The van der Waals surface area contributed by atoms with Gasteiger partial charge in [-0.25, -0.2) is 9.78 Å². The number of pyridine rings is 1. The van der Waals surface area contributed by atoms with E-state index in [1.807, 2.05) is 12.1 Å². The zero-order valence-corrected chi connectivity index (χ0v) is 18.1. The highest BCUT2D eigenvalue weighted by Gasteiger charge is 2.40. The second-order valence-corrected chi connectivity index (χ2v) is 8.59. The third-order valence-corrected chi connectivity index (χ3v) is 5.11. The molecule has 164 valence electrons. The van der Waals surface area contributed by atoms with Gasteiger partial charge in [0.1, 0.15) is 24.0 Å². The SMILES string of the molecule is COC(=O)CN1CC[C@H](N(Cc2ccc3c(n2)NCCC3)C(=O)OC(C)(C)C)C1=O. The number of fused-ring (bicyclic) bond motifs is 1. The summed E-state index contributed by atoms with van der Waals surface area (Å²) < 4.78 is 10.2. The van der Waals surface area contributed by atoms with E-state index in [0.717, 1.165) is 30.8 Å². The van der Waals surface area contributed by atoms with E-state index in [4.69, 9.17) is 4.74 Å². The van der Waals surface area contributed by atoms with Crippen molar-refractivity contribution in [2.24, 2.45) is 0 Å². The van der Waals surface area contributed by atoms with Crippen LogP contribution in [-0.4, -0.2) is 71.1 Å². The average Bonchev–Trinajstić information content (AvgIpc) is 3.04. The first-order valence-electron chi connectivity index (χ1n) is 10.3. The van der Waals surface area contributed by atoms with Crippen molar-refractivity contribution in [3.05, 3.63) is 23.4 Å². The highest BCUT2D eigenvalue weighted by Crippen LogP contribution is 2.24. The maximum atomic E-state index is 13.0. The highest BCUT2D eigenvalue weighted by atomic mass is 16.6. The molecule has 0 bridgehead atoms. The number of likely N-dealkylation sites (tertiary alicyclic amines) is 1. The number of esters is 1. The molecule has 3 rings (SSSR count). The lowest BCUT2D eigenvalue weighted by atomic mass is 10.1. The number of carbonyl (C=O) groups is 3. The van der Waals surface area contributed by atoms with E-state index < -0.39 is 23.7 Å². The number of nitrogens with zero attached hydrogens (tertiary/aromatic N) is 3. The second-order valence-electron chi connectivity index (χ2n) is 8.59. The Kier molecular flexibility index (Phi) is 6.48. The summed E-state index contributed by atoms with van der Waals surface area (Å²) in [4.78, 5) is 45.0. The van der Waals surface area contributed by atoms with Crippen molar-refractivity contribution in [2.45, 2.75) is 58.2 Å². The molecule has 1 N–H and O–H groups in total. The Morgan fingerprint density at radius 1 is 1.33 bits per heavy atom. The number of nitrogens with one attached hydrogen (secondary N) is 1. The smallest absolute Gasteiger partial charge is 0.411 e. The molecule has 30 heavy (non-hydrogen) atoms. The number of rotatable bonds is 5. The van der Waals surface area contributed by atoms with Crippen molar-refractivity contribution in [2.75, 3.05) is 32.1 Å². The van der Waals surface area contributed by atoms with Gasteiger partial charge in [0.25, 0.3) is 0 Å². The maximum Gasteiger partial charge on any atom is 0.411 e. The number of methoxy groups -OCH3 is 1. The zero-order chi connectivity index (χ0) is 21.9. The van der Waals surface area contributed by atoms with E-state index in [1.165, 1.54) is 16.9 Å². The predicted molar refractivity (Wildman–Crippen MR) is 110 cm³/mol. The number of hydrogen-bond acceptors (Lipinski definition) is 7. The molecular formula is C21H30N4O5. The Morgan fingerprint density at radius 3 is 2.80 bits per heavy atom. The van der Waals surface area contributed by atoms with Gasteiger partial charge in [0.15, 0.2) is 0 Å². The van der Waals surface area contributed by atoms with E-state index in [2.05, 4.69) is 15.0 Å². The van der Waals surface area contributed by atoms with Gasteiger partial charge in [-0.3, -0.25) is 14.5 Å². The molecule has 1 atom stereocenters. The number of hydrogen-bond donors (Lipinski definition) is 1. The van der Waals surface area contributed by atoms with Crippen LogP contribution in [0, 0.1) is 0 Å². The Morgan fingerprint density at radius 2 is 2.10 bits per heavy atom. The van der Waals surface area contributed by atoms with Gasteiger partial charge >= 0.3 is 12.1 Å². The first-order valence-corrected chi connectivity index (χ1v) is 10.3. The molecule has 0 unspecified atom stereocenters. The van der Waals surface area contributed by atoms with Crippen LogP contribution in [0.5, 0.6) is 0 Å². The van der Waals surface area contributed by atoms with Gasteiger partial charge in [0, 0.05) is 13.1 Å². The lowest BCUT2D eigenvalue weighted by Gasteiger charge is -2.31. The van der Waals surface area contributed by atoms with Crippen molar-refractivity contribution in [3.8, 4) is 0 Å². The van der Waals surface area contributed by atoms with E-state index in [1.54, 1.807) is 20.8 Å². The largest absolute Gasteiger partial charge is 0.468 e. The Bertz CT molecular complexity index is 820. The monoisotopic (exact) mass is 418 g/mol. The fraction of sp³-hybridized carbons (Fsp3) is 0.619. The minimum absolute atomic E-state index is 0.130. The molecule has 1 fully saturated rings. The molecule has 0 spiro atoms. The summed E-state index contributed by atoms with van der Waals surface area (Å²) in [5.74, 6) is 0.0468. The Labute approximate surface area is 176 Å². The van der Waals surface area contributed by atoms with Crippen LogP contribution in [0.3, 0.4) is 0 Å². The van der Waals surface area contributed by atoms with Crippen LogP contribution in [0.25, 0.3) is 0 Å². The summed E-state index contributed by atoms with van der Waals surface area (Å²) in [5.41, 5.74) is 1.12. The van der Waals surface area contributed by atoms with Gasteiger partial charge in [-0.05, 0) is 51.7 Å². The molecule has 1 saturated heterocycles. The van der Waals surface area contributed by atoms with E-state index >= 15 is 0 Å². The average molecular weight is 418 g/mol. The molecular weight excluding hydrogens is 388 g/mol. The van der Waals surface area contributed by atoms with E-state index in [9.17, 15) is 14.4 Å². The summed E-state index contributed by atoms with van der Waals surface area (Å²) >= 11 is 0. The van der Waals surface area contributed by atoms with Crippen LogP contribution < -0.4 is 5.32 Å². The number of anilines is 1. The quantitative estimate of drug-likeness (QED) is 0.730. The minimum atomic E-state index is -0.713. The number of aromatic nitrogens is 1. The van der Waals surface area contributed by atoms with Gasteiger partial charge in [-0.15, -0.1) is 0 Å². The molecule has 2 aliphatic rings. The van der Waals surface area contributed by atoms with E-state index in [0.29, 0.717) is 18.7 Å². The van der Waals surface area contributed by atoms with Crippen LogP contribution in [0.15, 0.2) is 12.1 Å². The van der Waals surface area contributed by atoms with E-state index in [-0.39, 0.29) is 19.0 Å². The van der Waals surface area contributed by atoms with Crippen LogP contribution in [0.1, 0.15) is 44.9 Å². The normalized spacial score (nSPS) is 18.5. The van der Waals surface area contributed by atoms with Gasteiger partial charge in [-0.1, -0.05) is 6.07 Å². The molecule has 9 nitrogen and oxygen atoms in total. The van der Waals surface area contributed by atoms with Crippen LogP contribution in [0.2, 0.25) is 0 Å². The van der Waals surface area contributed by atoms with Gasteiger partial charge < -0.3 is 19.7 Å². The summed E-state index contributed by atoms with van der Waals surface area (Å²) in [6.45, 7) is 6.60. The summed E-state index contributed by atoms with van der Waals surface area (Å²) in [6.07, 6.45) is 1.87. The molecule has 3 heterocycles. The first-order chi connectivity index (χ1) is 14.2. The van der Waals surface area contributed by atoms with Gasteiger partial charge in [0.05, 0.1) is 19.3 Å². The molecule has 0 radical (unpaired) electrons. The van der Waals surface area contributed by atoms with Crippen LogP contribution >= 0.6 is 0 Å². The lowest BCUT2D eigenvalue weighted by Crippen LogP contribution is -2.47. The summed E-state index contributed by atoms with van der Waals surface area (Å²) in [5, 5.41) is 3.28. The highest BCUT2D eigenvalue weighted by molar-refractivity contribution is 5.90. The van der Waals surface area contributed by atoms with Crippen molar-refractivity contribution in [1.82, 2.24) is 14.8 Å². The third-order valence-electron chi connectivity index (χ3n) is 5.11. The van der Waals surface area contributed by atoms with Crippen molar-refractivity contribution in [3.63, 3.8) is 0 Å². The Hall–Kier alpha value is -2.84. The third kappa shape index (κ3) is 5.20. The molecule has 0 aliphatic carbocycles. The molecule has 0 aromatic carbocycles. The fourth-order valence-corrected chi connectivity index (χ4v) is 3.64. The number of carbonyl (C=O) groups excluding carboxylic acids is 3. The van der Waals surface area contributed by atoms with Crippen LogP contribution in [-0.2, 0) is 32.0 Å². The molecule has 0 saturated carbocycles. The Balaban J connectivity index is 1.81. The topological polar surface area (TPSA) is 101 Å². The lowest BCUT2D eigenvalue weighted by molar-refractivity contribution is -0.146. The number of aryl methyl sites for hydroxylation is 1. The molecule has 9 heteroatoms. The minimum Gasteiger partial charge on any atom is -0.468 e. The maximum absolute atomic E-state index is 13.0. The van der Waals surface area contributed by atoms with Crippen LogP contribution in [0.4, 0.5) is 10.6 Å². The first kappa shape index (κ1) is 21.9. The molecule has 1 aromatic rings. The number of ether oxygens (including phenoxy) is 2.